The molecule has 1 aliphatic rings. The van der Waals surface area contributed by atoms with Crippen LogP contribution >= 0.6 is 11.8 Å². The zero-order valence-corrected chi connectivity index (χ0v) is 20.1. The lowest BCUT2D eigenvalue weighted by Crippen LogP contribution is -2.45. The number of nitrogens with zero attached hydrogens (tertiary/aromatic N) is 2. The lowest BCUT2D eigenvalue weighted by atomic mass is 10.0. The van der Waals surface area contributed by atoms with Gasteiger partial charge >= 0.3 is 5.97 Å². The van der Waals surface area contributed by atoms with Crippen LogP contribution in [0.2, 0.25) is 0 Å². The van der Waals surface area contributed by atoms with Gasteiger partial charge in [-0.05, 0) is 68.3 Å². The van der Waals surface area contributed by atoms with E-state index in [1.165, 1.54) is 16.0 Å². The summed E-state index contributed by atoms with van der Waals surface area (Å²) in [5, 5.41) is 9.36. The summed E-state index contributed by atoms with van der Waals surface area (Å²) >= 11 is 1.78. The van der Waals surface area contributed by atoms with Crippen LogP contribution in [0.1, 0.15) is 36.1 Å². The van der Waals surface area contributed by atoms with Gasteiger partial charge in [-0.3, -0.25) is 9.80 Å². The predicted octanol–water partition coefficient (Wildman–Crippen LogP) is 4.59. The molecule has 1 heterocycles. The molecule has 5 nitrogen and oxygen atoms in total. The molecule has 1 N–H and O–H groups in total. The fourth-order valence-corrected chi connectivity index (χ4v) is 4.35. The maximum Gasteiger partial charge on any atom is 0.347 e. The lowest BCUT2D eigenvalue weighted by molar-refractivity contribution is -0.152. The normalized spacial score (nSPS) is 15.8. The minimum atomic E-state index is -1.25. The molecule has 0 aliphatic carbocycles. The molecule has 0 spiro atoms. The number of carbonyl (C=O) groups is 1. The number of hydrogen-bond donors (Lipinski definition) is 1. The van der Waals surface area contributed by atoms with Gasteiger partial charge < -0.3 is 9.84 Å². The molecular weight excluding hydrogens is 408 g/mol. The number of thioether (sulfide) groups is 1. The summed E-state index contributed by atoms with van der Waals surface area (Å²) in [4.78, 5) is 17.7. The van der Waals surface area contributed by atoms with E-state index in [-0.39, 0.29) is 0 Å². The van der Waals surface area contributed by atoms with E-state index < -0.39 is 11.6 Å². The number of carboxylic acids is 1. The summed E-state index contributed by atoms with van der Waals surface area (Å²) in [6.45, 7) is 13.3. The number of hydrogen-bond acceptors (Lipinski definition) is 5. The van der Waals surface area contributed by atoms with Gasteiger partial charge in [0.1, 0.15) is 5.75 Å². The Kier molecular flexibility index (Phi) is 7.68. The van der Waals surface area contributed by atoms with Crippen molar-refractivity contribution in [3.05, 3.63) is 58.7 Å². The van der Waals surface area contributed by atoms with E-state index in [1.807, 2.05) is 13.8 Å². The van der Waals surface area contributed by atoms with Crippen LogP contribution in [0.15, 0.2) is 41.3 Å². The van der Waals surface area contributed by atoms with E-state index in [1.54, 1.807) is 25.6 Å². The average molecular weight is 443 g/mol. The minimum absolute atomic E-state index is 0.675. The molecule has 0 aromatic heterocycles. The molecule has 1 aliphatic heterocycles. The molecule has 2 aromatic carbocycles. The van der Waals surface area contributed by atoms with Crippen molar-refractivity contribution in [3.63, 3.8) is 0 Å². The third kappa shape index (κ3) is 6.25. The summed E-state index contributed by atoms with van der Waals surface area (Å²) in [6, 6.07) is 13.1. The Balaban J connectivity index is 1.55. The van der Waals surface area contributed by atoms with Gasteiger partial charge in [0.2, 0.25) is 0 Å². The van der Waals surface area contributed by atoms with Gasteiger partial charge in [-0.2, -0.15) is 0 Å². The molecule has 0 bridgehead atoms. The number of piperazine rings is 1. The van der Waals surface area contributed by atoms with Crippen LogP contribution in [-0.2, 0) is 17.9 Å². The molecule has 6 heteroatoms. The summed E-state index contributed by atoms with van der Waals surface area (Å²) in [6.07, 6.45) is 2.11. The summed E-state index contributed by atoms with van der Waals surface area (Å²) < 4.78 is 5.83. The quantitative estimate of drug-likeness (QED) is 0.604. The molecule has 168 valence electrons. The van der Waals surface area contributed by atoms with Crippen LogP contribution in [0.25, 0.3) is 0 Å². The highest BCUT2D eigenvalue weighted by molar-refractivity contribution is 7.98. The SMILES string of the molecule is CSc1ccc(CN2CCN(Cc3cc(C)c(OC(C)(C)C(=O)O)c(C)c3)CC2)cc1. The molecule has 1 saturated heterocycles. The van der Waals surface area contributed by atoms with E-state index in [9.17, 15) is 9.90 Å². The van der Waals surface area contributed by atoms with Gasteiger partial charge in [0.25, 0.3) is 0 Å². The second-order valence-electron chi connectivity index (χ2n) is 8.88. The van der Waals surface area contributed by atoms with Crippen molar-refractivity contribution in [1.82, 2.24) is 9.80 Å². The van der Waals surface area contributed by atoms with E-state index >= 15 is 0 Å². The summed E-state index contributed by atoms with van der Waals surface area (Å²) in [7, 11) is 0. The topological polar surface area (TPSA) is 53.0 Å². The second kappa shape index (κ2) is 10.1. The number of benzene rings is 2. The van der Waals surface area contributed by atoms with Crippen molar-refractivity contribution in [3.8, 4) is 5.75 Å². The monoisotopic (exact) mass is 442 g/mol. The standard InChI is InChI=1S/C25H34N2O3S/c1-18-14-21(15-19(2)23(18)30-25(3,4)24(28)29)17-27-12-10-26(11-13-27)16-20-6-8-22(31-5)9-7-20/h6-9,14-15H,10-13,16-17H2,1-5H3,(H,28,29). The Morgan fingerprint density at radius 3 is 1.90 bits per heavy atom. The summed E-state index contributed by atoms with van der Waals surface area (Å²) in [5.74, 6) is -0.290. The summed E-state index contributed by atoms with van der Waals surface area (Å²) in [5.41, 5.74) is 3.34. The Morgan fingerprint density at radius 1 is 0.968 bits per heavy atom. The van der Waals surface area contributed by atoms with Crippen molar-refractivity contribution in [2.45, 2.75) is 51.3 Å². The van der Waals surface area contributed by atoms with Crippen LogP contribution in [0, 0.1) is 13.8 Å². The number of carboxylic acid groups (broad SMARTS) is 1. The van der Waals surface area contributed by atoms with Gasteiger partial charge in [-0.1, -0.05) is 24.3 Å². The molecule has 2 aromatic rings. The largest absolute Gasteiger partial charge is 0.478 e. The van der Waals surface area contributed by atoms with Crippen molar-refractivity contribution >= 4 is 17.7 Å². The van der Waals surface area contributed by atoms with Gasteiger partial charge in [0.15, 0.2) is 5.60 Å². The van der Waals surface area contributed by atoms with E-state index in [4.69, 9.17) is 4.74 Å². The zero-order chi connectivity index (χ0) is 22.6. The third-order valence-electron chi connectivity index (χ3n) is 5.83. The second-order valence-corrected chi connectivity index (χ2v) is 9.76. The first-order valence-corrected chi connectivity index (χ1v) is 12.0. The molecule has 0 saturated carbocycles. The number of aryl methyl sites for hydroxylation is 2. The van der Waals surface area contributed by atoms with Crippen molar-refractivity contribution < 1.29 is 14.6 Å². The molecule has 3 rings (SSSR count). The van der Waals surface area contributed by atoms with Crippen molar-refractivity contribution in [1.29, 1.82) is 0 Å². The number of ether oxygens (including phenoxy) is 1. The highest BCUT2D eigenvalue weighted by Gasteiger charge is 2.30. The molecule has 31 heavy (non-hydrogen) atoms. The fourth-order valence-electron chi connectivity index (χ4n) is 3.94. The Bertz CT molecular complexity index is 880. The maximum atomic E-state index is 11.4. The van der Waals surface area contributed by atoms with Gasteiger partial charge in [-0.15, -0.1) is 11.8 Å². The zero-order valence-electron chi connectivity index (χ0n) is 19.3. The van der Waals surface area contributed by atoms with Crippen molar-refractivity contribution in [2.24, 2.45) is 0 Å². The average Bonchev–Trinajstić information content (AvgIpc) is 2.73. The van der Waals surface area contributed by atoms with Crippen LogP contribution < -0.4 is 4.74 Å². The van der Waals surface area contributed by atoms with E-state index in [0.29, 0.717) is 5.75 Å². The highest BCUT2D eigenvalue weighted by atomic mass is 32.2. The Labute approximate surface area is 190 Å². The predicted molar refractivity (Wildman–Crippen MR) is 127 cm³/mol. The minimum Gasteiger partial charge on any atom is -0.478 e. The maximum absolute atomic E-state index is 11.4. The van der Waals surface area contributed by atoms with Gasteiger partial charge in [0.05, 0.1) is 0 Å². The smallest absolute Gasteiger partial charge is 0.347 e. The highest BCUT2D eigenvalue weighted by Crippen LogP contribution is 2.29. The molecular formula is C25H34N2O3S. The lowest BCUT2D eigenvalue weighted by Gasteiger charge is -2.35. The first-order chi connectivity index (χ1) is 14.7. The molecule has 0 amide bonds. The van der Waals surface area contributed by atoms with Crippen LogP contribution in [0.5, 0.6) is 5.75 Å². The van der Waals surface area contributed by atoms with Gasteiger partial charge in [0, 0.05) is 44.2 Å². The van der Waals surface area contributed by atoms with E-state index in [0.717, 1.165) is 50.4 Å². The van der Waals surface area contributed by atoms with Crippen LogP contribution in [0.4, 0.5) is 0 Å². The molecule has 1 fully saturated rings. The van der Waals surface area contributed by atoms with E-state index in [2.05, 4.69) is 52.5 Å². The molecule has 0 atom stereocenters. The number of rotatable bonds is 8. The van der Waals surface area contributed by atoms with Crippen LogP contribution in [0.3, 0.4) is 0 Å². The molecule has 0 radical (unpaired) electrons. The first kappa shape index (κ1) is 23.6. The first-order valence-electron chi connectivity index (χ1n) is 10.8. The Hall–Kier alpha value is -2.02. The number of aliphatic carboxylic acids is 1. The van der Waals surface area contributed by atoms with Crippen LogP contribution in [-0.4, -0.2) is 58.9 Å². The fraction of sp³-hybridized carbons (Fsp3) is 0.480. The third-order valence-corrected chi connectivity index (χ3v) is 6.57. The van der Waals surface area contributed by atoms with Gasteiger partial charge in [-0.25, -0.2) is 4.79 Å². The Morgan fingerprint density at radius 2 is 1.45 bits per heavy atom. The molecule has 0 unspecified atom stereocenters. The van der Waals surface area contributed by atoms with Crippen molar-refractivity contribution in [2.75, 3.05) is 32.4 Å².